The molecule has 4 saturated heterocycles. The largest absolute Gasteiger partial charge is 0.454 e. The molecule has 25 heavy (non-hydrogen) atoms. The van der Waals surface area contributed by atoms with Gasteiger partial charge in [0, 0.05) is 18.5 Å². The lowest BCUT2D eigenvalue weighted by atomic mass is 9.75. The molecule has 0 unspecified atom stereocenters. The third-order valence-electron chi connectivity index (χ3n) is 6.47. The minimum Gasteiger partial charge on any atom is -0.454 e. The summed E-state index contributed by atoms with van der Waals surface area (Å²) in [6, 6.07) is 7.10. The summed E-state index contributed by atoms with van der Waals surface area (Å²) in [7, 11) is 1.84. The van der Waals surface area contributed by atoms with Gasteiger partial charge in [0.15, 0.2) is 11.5 Å². The van der Waals surface area contributed by atoms with Crippen LogP contribution in [-0.4, -0.2) is 67.8 Å². The van der Waals surface area contributed by atoms with Crippen molar-refractivity contribution in [2.75, 3.05) is 40.0 Å². The van der Waals surface area contributed by atoms with Gasteiger partial charge in [-0.25, -0.2) is 0 Å². The number of hydrogen-bond donors (Lipinski definition) is 1. The van der Waals surface area contributed by atoms with Gasteiger partial charge in [0.2, 0.25) is 12.7 Å². The standard InChI is InChI=1S/C19H25N3O3/c1-20-9-17(23)22-10-14(13-2-3-15-16(8-13)25-11-24-15)19-18(22)12-4-6-21(19)7-5-12/h2-3,8,12,14,18-20H,4-7,9-11H2,1H3/t14-,18+,19+/m0/s1. The van der Waals surface area contributed by atoms with E-state index in [0.717, 1.165) is 18.0 Å². The maximum absolute atomic E-state index is 12.7. The number of ether oxygens (including phenoxy) is 2. The Bertz CT molecular complexity index is 686. The van der Waals surface area contributed by atoms with E-state index < -0.39 is 0 Å². The fourth-order valence-corrected chi connectivity index (χ4v) is 5.39. The molecule has 6 heteroatoms. The van der Waals surface area contributed by atoms with Crippen LogP contribution in [0, 0.1) is 5.92 Å². The molecule has 0 aliphatic carbocycles. The molecule has 0 radical (unpaired) electrons. The molecule has 5 heterocycles. The topological polar surface area (TPSA) is 54.0 Å². The highest BCUT2D eigenvalue weighted by Crippen LogP contribution is 2.47. The summed E-state index contributed by atoms with van der Waals surface area (Å²) in [5, 5.41) is 3.03. The molecule has 6 rings (SSSR count). The van der Waals surface area contributed by atoms with E-state index in [0.29, 0.717) is 37.3 Å². The molecule has 3 atom stereocenters. The SMILES string of the molecule is CNCC(=O)N1C[C@@H](c2ccc3c(c2)OCO3)[C@@H]2[C@H]1C1CCN2CC1. The number of benzene rings is 1. The van der Waals surface area contributed by atoms with Crippen molar-refractivity contribution in [2.24, 2.45) is 5.92 Å². The second-order valence-corrected chi connectivity index (χ2v) is 7.65. The molecule has 1 amide bonds. The highest BCUT2D eigenvalue weighted by molar-refractivity contribution is 5.79. The van der Waals surface area contributed by atoms with Crippen molar-refractivity contribution in [1.29, 1.82) is 0 Å². The minimum atomic E-state index is 0.231. The molecule has 1 aromatic carbocycles. The predicted molar refractivity (Wildman–Crippen MR) is 92.8 cm³/mol. The van der Waals surface area contributed by atoms with E-state index >= 15 is 0 Å². The van der Waals surface area contributed by atoms with Crippen LogP contribution in [0.3, 0.4) is 0 Å². The second kappa shape index (κ2) is 5.88. The number of likely N-dealkylation sites (N-methyl/N-ethyl adjacent to an activating group) is 1. The molecule has 1 N–H and O–H groups in total. The van der Waals surface area contributed by atoms with Gasteiger partial charge >= 0.3 is 0 Å². The third-order valence-corrected chi connectivity index (χ3v) is 6.47. The lowest BCUT2D eigenvalue weighted by Gasteiger charge is -2.51. The number of piperidine rings is 3. The van der Waals surface area contributed by atoms with E-state index in [1.165, 1.54) is 31.5 Å². The van der Waals surface area contributed by atoms with Crippen LogP contribution in [0.1, 0.15) is 24.3 Å². The van der Waals surface area contributed by atoms with Crippen LogP contribution in [0.2, 0.25) is 0 Å². The van der Waals surface area contributed by atoms with Gasteiger partial charge in [-0.15, -0.1) is 0 Å². The quantitative estimate of drug-likeness (QED) is 0.888. The molecule has 0 saturated carbocycles. The van der Waals surface area contributed by atoms with Crippen molar-refractivity contribution in [2.45, 2.75) is 30.8 Å². The third kappa shape index (κ3) is 2.34. The van der Waals surface area contributed by atoms with Gasteiger partial charge in [-0.3, -0.25) is 9.69 Å². The van der Waals surface area contributed by atoms with Crippen LogP contribution < -0.4 is 14.8 Å². The normalized spacial score (nSPS) is 35.1. The second-order valence-electron chi connectivity index (χ2n) is 7.65. The number of hydrogen-bond acceptors (Lipinski definition) is 5. The van der Waals surface area contributed by atoms with Crippen molar-refractivity contribution >= 4 is 5.91 Å². The van der Waals surface area contributed by atoms with Crippen molar-refractivity contribution in [3.05, 3.63) is 23.8 Å². The van der Waals surface area contributed by atoms with Crippen molar-refractivity contribution in [3.8, 4) is 11.5 Å². The first-order valence-electron chi connectivity index (χ1n) is 9.34. The molecule has 5 aliphatic heterocycles. The predicted octanol–water partition coefficient (Wildman–Crippen LogP) is 1.02. The molecule has 0 spiro atoms. The van der Waals surface area contributed by atoms with E-state index in [2.05, 4.69) is 27.2 Å². The van der Waals surface area contributed by atoms with E-state index in [4.69, 9.17) is 9.47 Å². The summed E-state index contributed by atoms with van der Waals surface area (Å²) in [4.78, 5) is 17.5. The highest BCUT2D eigenvalue weighted by atomic mass is 16.7. The van der Waals surface area contributed by atoms with Gasteiger partial charge in [-0.2, -0.15) is 0 Å². The van der Waals surface area contributed by atoms with Crippen LogP contribution >= 0.6 is 0 Å². The number of nitrogens with zero attached hydrogens (tertiary/aromatic N) is 2. The molecule has 4 fully saturated rings. The van der Waals surface area contributed by atoms with Gasteiger partial charge < -0.3 is 19.7 Å². The molecule has 2 bridgehead atoms. The number of nitrogens with one attached hydrogen (secondary N) is 1. The van der Waals surface area contributed by atoms with Gasteiger partial charge in [0.25, 0.3) is 0 Å². The highest BCUT2D eigenvalue weighted by Gasteiger charge is 2.54. The van der Waals surface area contributed by atoms with Crippen LogP contribution in [-0.2, 0) is 4.79 Å². The van der Waals surface area contributed by atoms with E-state index in [9.17, 15) is 4.79 Å². The molecule has 134 valence electrons. The Kier molecular flexibility index (Phi) is 3.64. The van der Waals surface area contributed by atoms with Crippen LogP contribution in [0.15, 0.2) is 18.2 Å². The molecular weight excluding hydrogens is 318 g/mol. The van der Waals surface area contributed by atoms with Crippen molar-refractivity contribution in [3.63, 3.8) is 0 Å². The Labute approximate surface area is 148 Å². The lowest BCUT2D eigenvalue weighted by molar-refractivity contribution is -0.134. The van der Waals surface area contributed by atoms with E-state index in [1.807, 2.05) is 13.1 Å². The Morgan fingerprint density at radius 1 is 1.20 bits per heavy atom. The Morgan fingerprint density at radius 3 is 2.80 bits per heavy atom. The Balaban J connectivity index is 1.50. The van der Waals surface area contributed by atoms with Crippen LogP contribution in [0.4, 0.5) is 0 Å². The maximum atomic E-state index is 12.7. The van der Waals surface area contributed by atoms with Crippen LogP contribution in [0.25, 0.3) is 0 Å². The summed E-state index contributed by atoms with van der Waals surface area (Å²) in [5.41, 5.74) is 1.27. The first-order valence-corrected chi connectivity index (χ1v) is 9.34. The van der Waals surface area contributed by atoms with Crippen LogP contribution in [0.5, 0.6) is 11.5 Å². The first-order chi connectivity index (χ1) is 12.3. The average Bonchev–Trinajstić information content (AvgIpc) is 3.28. The zero-order chi connectivity index (χ0) is 17.0. The fraction of sp³-hybridized carbons (Fsp3) is 0.632. The first kappa shape index (κ1) is 15.5. The fourth-order valence-electron chi connectivity index (χ4n) is 5.39. The number of carbonyl (C=O) groups is 1. The maximum Gasteiger partial charge on any atom is 0.236 e. The smallest absolute Gasteiger partial charge is 0.236 e. The zero-order valence-corrected chi connectivity index (χ0v) is 14.6. The number of amides is 1. The number of carbonyl (C=O) groups excluding carboxylic acids is 1. The van der Waals surface area contributed by atoms with Gasteiger partial charge in [0.05, 0.1) is 12.6 Å². The summed E-state index contributed by atoms with van der Waals surface area (Å²) >= 11 is 0. The van der Waals surface area contributed by atoms with Gasteiger partial charge in [-0.1, -0.05) is 6.07 Å². The minimum absolute atomic E-state index is 0.231. The summed E-state index contributed by atoms with van der Waals surface area (Å²) in [6.45, 7) is 3.87. The number of fused-ring (bicyclic) bond motifs is 3. The molecule has 1 aromatic rings. The van der Waals surface area contributed by atoms with Gasteiger partial charge in [0.1, 0.15) is 0 Å². The summed E-state index contributed by atoms with van der Waals surface area (Å²) in [5.74, 6) is 2.89. The number of rotatable bonds is 3. The summed E-state index contributed by atoms with van der Waals surface area (Å²) in [6.07, 6.45) is 2.44. The lowest BCUT2D eigenvalue weighted by Crippen LogP contribution is -2.61. The molecular formula is C19H25N3O3. The Morgan fingerprint density at radius 2 is 2.00 bits per heavy atom. The monoisotopic (exact) mass is 343 g/mol. The van der Waals surface area contributed by atoms with Crippen molar-refractivity contribution in [1.82, 2.24) is 15.1 Å². The Hall–Kier alpha value is -1.79. The number of likely N-dealkylation sites (tertiary alicyclic amines) is 1. The van der Waals surface area contributed by atoms with Gasteiger partial charge in [-0.05, 0) is 56.6 Å². The van der Waals surface area contributed by atoms with E-state index in [-0.39, 0.29) is 5.91 Å². The average molecular weight is 343 g/mol. The zero-order valence-electron chi connectivity index (χ0n) is 14.6. The van der Waals surface area contributed by atoms with Crippen molar-refractivity contribution < 1.29 is 14.3 Å². The summed E-state index contributed by atoms with van der Waals surface area (Å²) < 4.78 is 11.0. The molecule has 6 nitrogen and oxygen atoms in total. The molecule has 0 aromatic heterocycles. The van der Waals surface area contributed by atoms with E-state index in [1.54, 1.807) is 0 Å². The molecule has 5 aliphatic rings.